The van der Waals surface area contributed by atoms with Crippen molar-refractivity contribution in [2.45, 2.75) is 33.3 Å². The van der Waals surface area contributed by atoms with E-state index >= 15 is 0 Å². The fourth-order valence-electron chi connectivity index (χ4n) is 3.17. The number of hydrogen-bond donors (Lipinski definition) is 0. The lowest BCUT2D eigenvalue weighted by Gasteiger charge is -2.11. The van der Waals surface area contributed by atoms with Gasteiger partial charge in [0.2, 0.25) is 0 Å². The van der Waals surface area contributed by atoms with Crippen LogP contribution in [0.25, 0.3) is 6.08 Å². The van der Waals surface area contributed by atoms with Crippen molar-refractivity contribution in [1.82, 2.24) is 0 Å². The average molecular weight is 401 g/mol. The monoisotopic (exact) mass is 400 g/mol. The predicted octanol–water partition coefficient (Wildman–Crippen LogP) is 6.30. The summed E-state index contributed by atoms with van der Waals surface area (Å²) >= 11 is 0. The van der Waals surface area contributed by atoms with Crippen LogP contribution in [0, 0.1) is 0 Å². The van der Waals surface area contributed by atoms with Gasteiger partial charge < -0.3 is 9.47 Å². The molecule has 0 atom stereocenters. The van der Waals surface area contributed by atoms with Crippen LogP contribution in [-0.4, -0.2) is 12.9 Å². The molecule has 3 rings (SSSR count). The quantitative estimate of drug-likeness (QED) is 0.312. The number of ether oxygens (including phenoxy) is 2. The van der Waals surface area contributed by atoms with Gasteiger partial charge >= 0.3 is 0 Å². The van der Waals surface area contributed by atoms with Crippen molar-refractivity contribution in [1.29, 1.82) is 0 Å². The number of benzene rings is 3. The Balaban J connectivity index is 1.70. The summed E-state index contributed by atoms with van der Waals surface area (Å²) in [5, 5.41) is 0. The lowest BCUT2D eigenvalue weighted by molar-refractivity contribution is 0.104. The molecule has 3 aromatic rings. The lowest BCUT2D eigenvalue weighted by Crippen LogP contribution is -1.99. The molecule has 0 aliphatic rings. The number of allylic oxidation sites excluding steroid dienone is 1. The Morgan fingerprint density at radius 2 is 1.50 bits per heavy atom. The number of carbonyl (C=O) groups is 1. The molecule has 154 valence electrons. The van der Waals surface area contributed by atoms with Crippen molar-refractivity contribution in [2.75, 3.05) is 7.11 Å². The van der Waals surface area contributed by atoms with Gasteiger partial charge in [0.05, 0.1) is 7.11 Å². The van der Waals surface area contributed by atoms with Crippen LogP contribution in [0.4, 0.5) is 0 Å². The maximum Gasteiger partial charge on any atom is 0.185 e. The second-order valence-electron chi connectivity index (χ2n) is 7.11. The van der Waals surface area contributed by atoms with Gasteiger partial charge in [0.25, 0.3) is 0 Å². The summed E-state index contributed by atoms with van der Waals surface area (Å²) in [5.41, 5.74) is 5.05. The molecule has 3 aromatic carbocycles. The minimum absolute atomic E-state index is 0.0118. The van der Waals surface area contributed by atoms with Crippen molar-refractivity contribution in [3.05, 3.63) is 101 Å². The van der Waals surface area contributed by atoms with Gasteiger partial charge in [-0.3, -0.25) is 4.79 Å². The molecule has 0 radical (unpaired) electrons. The van der Waals surface area contributed by atoms with E-state index in [1.165, 1.54) is 11.1 Å². The summed E-state index contributed by atoms with van der Waals surface area (Å²) in [4.78, 5) is 12.5. The molecule has 0 heterocycles. The number of methoxy groups -OCH3 is 1. The normalized spacial score (nSPS) is 10.9. The predicted molar refractivity (Wildman–Crippen MR) is 122 cm³/mol. The zero-order valence-corrected chi connectivity index (χ0v) is 17.9. The minimum atomic E-state index is -0.0118. The summed E-state index contributed by atoms with van der Waals surface area (Å²) in [7, 11) is 1.65. The third-order valence-corrected chi connectivity index (χ3v) is 5.10. The standard InChI is InChI=1S/C27H28O3/c1-4-20-6-12-23(13-7-20)26(28)16-10-22-11-17-27(29-3)24(18-22)19-30-25-14-8-21(5-2)9-15-25/h6-18H,4-5,19H2,1-3H3/b16-10+. The lowest BCUT2D eigenvalue weighted by atomic mass is 10.0. The molecule has 0 amide bonds. The molecule has 0 N–H and O–H groups in total. The molecule has 0 aliphatic heterocycles. The molecular weight excluding hydrogens is 372 g/mol. The van der Waals surface area contributed by atoms with Gasteiger partial charge in [-0.25, -0.2) is 0 Å². The van der Waals surface area contributed by atoms with Crippen LogP contribution in [-0.2, 0) is 19.4 Å². The second-order valence-corrected chi connectivity index (χ2v) is 7.11. The molecule has 0 saturated carbocycles. The third kappa shape index (κ3) is 5.60. The summed E-state index contributed by atoms with van der Waals surface area (Å²) in [5.74, 6) is 1.57. The molecule has 0 fully saturated rings. The Morgan fingerprint density at radius 3 is 2.10 bits per heavy atom. The number of rotatable bonds is 9. The molecule has 3 nitrogen and oxygen atoms in total. The van der Waals surface area contributed by atoms with Crippen LogP contribution in [0.1, 0.15) is 46.5 Å². The van der Waals surface area contributed by atoms with Crippen molar-refractivity contribution in [2.24, 2.45) is 0 Å². The van der Waals surface area contributed by atoms with Crippen molar-refractivity contribution >= 4 is 11.9 Å². The van der Waals surface area contributed by atoms with Crippen LogP contribution >= 0.6 is 0 Å². The first-order valence-corrected chi connectivity index (χ1v) is 10.3. The summed E-state index contributed by atoms with van der Waals surface area (Å²) in [6.45, 7) is 4.62. The van der Waals surface area contributed by atoms with E-state index < -0.39 is 0 Å². The number of carbonyl (C=O) groups excluding carboxylic acids is 1. The molecule has 0 bridgehead atoms. The molecule has 0 aromatic heterocycles. The van der Waals surface area contributed by atoms with E-state index in [0.29, 0.717) is 12.2 Å². The average Bonchev–Trinajstić information content (AvgIpc) is 2.81. The van der Waals surface area contributed by atoms with Crippen LogP contribution in [0.15, 0.2) is 72.8 Å². The van der Waals surface area contributed by atoms with Gasteiger partial charge in [-0.2, -0.15) is 0 Å². The highest BCUT2D eigenvalue weighted by Gasteiger charge is 2.06. The highest BCUT2D eigenvalue weighted by molar-refractivity contribution is 6.06. The number of aryl methyl sites for hydroxylation is 2. The van der Waals surface area contributed by atoms with E-state index in [2.05, 4.69) is 26.0 Å². The SMILES string of the molecule is CCc1ccc(OCc2cc(/C=C/C(=O)c3ccc(CC)cc3)ccc2OC)cc1. The van der Waals surface area contributed by atoms with E-state index in [0.717, 1.165) is 35.5 Å². The van der Waals surface area contributed by atoms with E-state index in [4.69, 9.17) is 9.47 Å². The molecule has 30 heavy (non-hydrogen) atoms. The molecule has 0 aliphatic carbocycles. The van der Waals surface area contributed by atoms with Gasteiger partial charge in [0, 0.05) is 11.1 Å². The van der Waals surface area contributed by atoms with Gasteiger partial charge in [-0.1, -0.05) is 62.4 Å². The van der Waals surface area contributed by atoms with Crippen molar-refractivity contribution in [3.63, 3.8) is 0 Å². The summed E-state index contributed by atoms with van der Waals surface area (Å²) in [6.07, 6.45) is 5.40. The topological polar surface area (TPSA) is 35.5 Å². The summed E-state index contributed by atoms with van der Waals surface area (Å²) < 4.78 is 11.4. The van der Waals surface area contributed by atoms with Crippen LogP contribution < -0.4 is 9.47 Å². The first-order chi connectivity index (χ1) is 14.6. The van der Waals surface area contributed by atoms with E-state index in [1.54, 1.807) is 13.2 Å². The fourth-order valence-corrected chi connectivity index (χ4v) is 3.17. The number of ketones is 1. The highest BCUT2D eigenvalue weighted by Crippen LogP contribution is 2.23. The zero-order chi connectivity index (χ0) is 21.3. The van der Waals surface area contributed by atoms with E-state index in [-0.39, 0.29) is 5.78 Å². The Bertz CT molecular complexity index is 999. The van der Waals surface area contributed by atoms with Crippen LogP contribution in [0.2, 0.25) is 0 Å². The van der Waals surface area contributed by atoms with Gasteiger partial charge in [0.1, 0.15) is 18.1 Å². The van der Waals surface area contributed by atoms with Crippen molar-refractivity contribution < 1.29 is 14.3 Å². The van der Waals surface area contributed by atoms with E-state index in [9.17, 15) is 4.79 Å². The largest absolute Gasteiger partial charge is 0.496 e. The smallest absolute Gasteiger partial charge is 0.185 e. The summed E-state index contributed by atoms with van der Waals surface area (Å²) in [6, 6.07) is 21.7. The first-order valence-electron chi connectivity index (χ1n) is 10.3. The second kappa shape index (κ2) is 10.4. The number of hydrogen-bond acceptors (Lipinski definition) is 3. The van der Waals surface area contributed by atoms with Gasteiger partial charge in [-0.05, 0) is 59.9 Å². The highest BCUT2D eigenvalue weighted by atomic mass is 16.5. The van der Waals surface area contributed by atoms with E-state index in [1.807, 2.05) is 60.7 Å². The fraction of sp³-hybridized carbons (Fsp3) is 0.222. The minimum Gasteiger partial charge on any atom is -0.496 e. The van der Waals surface area contributed by atoms with Gasteiger partial charge in [-0.15, -0.1) is 0 Å². The van der Waals surface area contributed by atoms with Crippen molar-refractivity contribution in [3.8, 4) is 11.5 Å². The molecule has 0 unspecified atom stereocenters. The molecular formula is C27H28O3. The molecule has 3 heteroatoms. The maximum absolute atomic E-state index is 12.5. The Hall–Kier alpha value is -3.33. The van der Waals surface area contributed by atoms with Crippen LogP contribution in [0.3, 0.4) is 0 Å². The third-order valence-electron chi connectivity index (χ3n) is 5.10. The maximum atomic E-state index is 12.5. The Labute approximate surface area is 179 Å². The van der Waals surface area contributed by atoms with Crippen LogP contribution in [0.5, 0.6) is 11.5 Å². The first kappa shape index (κ1) is 21.4. The van der Waals surface area contributed by atoms with Gasteiger partial charge in [0.15, 0.2) is 5.78 Å². The molecule has 0 saturated heterocycles. The Morgan fingerprint density at radius 1 is 0.867 bits per heavy atom. The Kier molecular flexibility index (Phi) is 7.45. The zero-order valence-electron chi connectivity index (χ0n) is 17.9. The molecule has 0 spiro atoms.